The van der Waals surface area contributed by atoms with Crippen molar-refractivity contribution < 1.29 is 9.42 Å². The van der Waals surface area contributed by atoms with Gasteiger partial charge in [-0.25, -0.2) is 14.6 Å². The van der Waals surface area contributed by atoms with Crippen LogP contribution in [0.1, 0.15) is 16.2 Å². The van der Waals surface area contributed by atoms with Crippen molar-refractivity contribution in [1.82, 2.24) is 20.3 Å². The molecule has 0 saturated carbocycles. The third-order valence-electron chi connectivity index (χ3n) is 3.95. The molecule has 1 amide bonds. The van der Waals surface area contributed by atoms with Crippen LogP contribution in [0.15, 0.2) is 53.3 Å². The number of fused-ring (bicyclic) bond motifs is 1. The van der Waals surface area contributed by atoms with E-state index in [1.807, 2.05) is 42.5 Å². The molecule has 0 bridgehead atoms. The molecule has 0 saturated heterocycles. The van der Waals surface area contributed by atoms with Crippen molar-refractivity contribution in [2.24, 2.45) is 0 Å². The Morgan fingerprint density at radius 1 is 1.12 bits per heavy atom. The normalized spacial score (nSPS) is 10.8. The summed E-state index contributed by atoms with van der Waals surface area (Å²) in [7, 11) is 0. The van der Waals surface area contributed by atoms with Gasteiger partial charge in [0, 0.05) is 5.56 Å². The van der Waals surface area contributed by atoms with E-state index in [0.717, 1.165) is 16.3 Å². The second-order valence-electron chi connectivity index (χ2n) is 5.67. The minimum absolute atomic E-state index is 0.0866. The van der Waals surface area contributed by atoms with Crippen molar-refractivity contribution in [3.05, 3.63) is 60.0 Å². The number of carbonyl (C=O) groups excluding carboxylic acids is 1. The Morgan fingerprint density at radius 2 is 1.92 bits per heavy atom. The van der Waals surface area contributed by atoms with Crippen molar-refractivity contribution in [2.45, 2.75) is 6.92 Å². The predicted molar refractivity (Wildman–Crippen MR) is 96.4 cm³/mol. The van der Waals surface area contributed by atoms with E-state index in [1.54, 1.807) is 6.92 Å². The van der Waals surface area contributed by atoms with Gasteiger partial charge in [0.15, 0.2) is 17.3 Å². The molecule has 4 aromatic rings. The first-order valence-electron chi connectivity index (χ1n) is 7.84. The molecule has 128 valence electrons. The first-order chi connectivity index (χ1) is 12.6. The number of hydrogen-bond acceptors (Lipinski definition) is 7. The number of amides is 1. The molecule has 2 aromatic heterocycles. The largest absolute Gasteiger partial charge is 0.382 e. The quantitative estimate of drug-likeness (QED) is 0.585. The van der Waals surface area contributed by atoms with Gasteiger partial charge in [-0.15, -0.1) is 0 Å². The molecular weight excluding hydrogens is 332 g/mol. The van der Waals surface area contributed by atoms with Crippen LogP contribution >= 0.6 is 0 Å². The van der Waals surface area contributed by atoms with E-state index in [2.05, 4.69) is 30.2 Å². The fourth-order valence-electron chi connectivity index (χ4n) is 2.72. The maximum absolute atomic E-state index is 12.2. The van der Waals surface area contributed by atoms with E-state index in [0.29, 0.717) is 11.4 Å². The van der Waals surface area contributed by atoms with Crippen LogP contribution in [0.25, 0.3) is 22.0 Å². The predicted octanol–water partition coefficient (Wildman–Crippen LogP) is 2.82. The summed E-state index contributed by atoms with van der Waals surface area (Å²) in [4.78, 5) is 20.8. The van der Waals surface area contributed by atoms with E-state index in [-0.39, 0.29) is 17.3 Å². The Balaban J connectivity index is 1.68. The van der Waals surface area contributed by atoms with E-state index >= 15 is 0 Å². The maximum atomic E-state index is 12.2. The molecule has 0 aliphatic heterocycles. The van der Waals surface area contributed by atoms with Crippen molar-refractivity contribution in [2.75, 3.05) is 11.1 Å². The number of hydrogen-bond donors (Lipinski definition) is 2. The molecule has 3 N–H and O–H groups in total. The molecule has 2 heterocycles. The molecule has 8 nitrogen and oxygen atoms in total. The molecule has 4 rings (SSSR count). The summed E-state index contributed by atoms with van der Waals surface area (Å²) in [5, 5.41) is 11.8. The maximum Gasteiger partial charge on any atom is 0.281 e. The van der Waals surface area contributed by atoms with E-state index in [9.17, 15) is 4.79 Å². The second kappa shape index (κ2) is 6.25. The van der Waals surface area contributed by atoms with Gasteiger partial charge in [0.2, 0.25) is 0 Å². The SMILES string of the molecule is Cc1nonc1C(=O)Nc1cnc(-c2cccc3ccccc23)c(N)n1. The zero-order valence-corrected chi connectivity index (χ0v) is 13.8. The van der Waals surface area contributed by atoms with E-state index in [4.69, 9.17) is 5.73 Å². The Kier molecular flexibility index (Phi) is 3.77. The molecule has 0 spiro atoms. The highest BCUT2D eigenvalue weighted by Gasteiger charge is 2.17. The van der Waals surface area contributed by atoms with Crippen molar-refractivity contribution in [3.8, 4) is 11.3 Å². The molecule has 0 radical (unpaired) electrons. The number of rotatable bonds is 3. The molecular formula is C18H14N6O2. The van der Waals surface area contributed by atoms with Gasteiger partial charge in [0.05, 0.1) is 6.20 Å². The van der Waals surface area contributed by atoms with Gasteiger partial charge in [-0.2, -0.15) is 0 Å². The number of nitrogens with zero attached hydrogens (tertiary/aromatic N) is 4. The molecule has 26 heavy (non-hydrogen) atoms. The standard InChI is InChI=1S/C18H14N6O2/c1-10-15(24-26-23-10)18(25)22-14-9-20-16(17(19)21-14)13-8-4-6-11-5-2-3-7-12(11)13/h2-9H,1H3,(H3,19,21,22,25). The third-order valence-corrected chi connectivity index (χ3v) is 3.95. The van der Waals surface area contributed by atoms with E-state index < -0.39 is 5.91 Å². The molecule has 0 unspecified atom stereocenters. The lowest BCUT2D eigenvalue weighted by atomic mass is 10.0. The lowest BCUT2D eigenvalue weighted by Crippen LogP contribution is -2.15. The van der Waals surface area contributed by atoms with E-state index in [1.165, 1.54) is 6.20 Å². The highest BCUT2D eigenvalue weighted by atomic mass is 16.6. The number of anilines is 2. The minimum atomic E-state index is -0.490. The average molecular weight is 346 g/mol. The van der Waals surface area contributed by atoms with Crippen LogP contribution in [0.4, 0.5) is 11.6 Å². The Bertz CT molecular complexity index is 1120. The van der Waals surface area contributed by atoms with Gasteiger partial charge >= 0.3 is 0 Å². The summed E-state index contributed by atoms with van der Waals surface area (Å²) >= 11 is 0. The van der Waals surface area contributed by atoms with Gasteiger partial charge in [0.25, 0.3) is 5.91 Å². The highest BCUT2D eigenvalue weighted by Crippen LogP contribution is 2.30. The van der Waals surface area contributed by atoms with Crippen molar-refractivity contribution >= 4 is 28.3 Å². The van der Waals surface area contributed by atoms with Gasteiger partial charge in [0.1, 0.15) is 11.4 Å². The zero-order valence-electron chi connectivity index (χ0n) is 13.8. The minimum Gasteiger partial charge on any atom is -0.382 e. The van der Waals surface area contributed by atoms with Gasteiger partial charge in [-0.05, 0) is 22.9 Å². The van der Waals surface area contributed by atoms with Crippen LogP contribution in [-0.2, 0) is 0 Å². The van der Waals surface area contributed by atoms with Crippen LogP contribution < -0.4 is 11.1 Å². The average Bonchev–Trinajstić information content (AvgIpc) is 3.08. The summed E-state index contributed by atoms with van der Waals surface area (Å²) in [6.07, 6.45) is 1.45. The topological polar surface area (TPSA) is 120 Å². The Hall–Kier alpha value is -3.81. The highest BCUT2D eigenvalue weighted by molar-refractivity contribution is 6.03. The van der Waals surface area contributed by atoms with Crippen LogP contribution in [-0.4, -0.2) is 26.2 Å². The lowest BCUT2D eigenvalue weighted by Gasteiger charge is -2.09. The monoisotopic (exact) mass is 346 g/mol. The van der Waals surface area contributed by atoms with Crippen LogP contribution in [0, 0.1) is 6.92 Å². The summed E-state index contributed by atoms with van der Waals surface area (Å²) in [5.41, 5.74) is 8.00. The molecule has 0 atom stereocenters. The fraction of sp³-hybridized carbons (Fsp3) is 0.0556. The molecule has 0 fully saturated rings. The van der Waals surface area contributed by atoms with Crippen LogP contribution in [0.5, 0.6) is 0 Å². The number of carbonyl (C=O) groups is 1. The number of aromatic nitrogens is 4. The van der Waals surface area contributed by atoms with Crippen molar-refractivity contribution in [3.63, 3.8) is 0 Å². The van der Waals surface area contributed by atoms with Crippen molar-refractivity contribution in [1.29, 1.82) is 0 Å². The fourth-order valence-corrected chi connectivity index (χ4v) is 2.72. The number of nitrogen functional groups attached to an aromatic ring is 1. The number of aryl methyl sites for hydroxylation is 1. The Morgan fingerprint density at radius 3 is 2.69 bits per heavy atom. The lowest BCUT2D eigenvalue weighted by molar-refractivity contribution is 0.101. The zero-order chi connectivity index (χ0) is 18.1. The number of nitrogens with one attached hydrogen (secondary N) is 1. The second-order valence-corrected chi connectivity index (χ2v) is 5.67. The smallest absolute Gasteiger partial charge is 0.281 e. The van der Waals surface area contributed by atoms with Gasteiger partial charge in [-0.1, -0.05) is 47.6 Å². The molecule has 2 aromatic carbocycles. The van der Waals surface area contributed by atoms with Gasteiger partial charge < -0.3 is 11.1 Å². The summed E-state index contributed by atoms with van der Waals surface area (Å²) in [6.45, 7) is 1.62. The summed E-state index contributed by atoms with van der Waals surface area (Å²) in [6, 6.07) is 13.8. The summed E-state index contributed by atoms with van der Waals surface area (Å²) < 4.78 is 4.52. The molecule has 0 aliphatic rings. The first-order valence-corrected chi connectivity index (χ1v) is 7.84. The summed E-state index contributed by atoms with van der Waals surface area (Å²) in [5.74, 6) is -0.0524. The first kappa shape index (κ1) is 15.7. The van der Waals surface area contributed by atoms with Crippen LogP contribution in [0.2, 0.25) is 0 Å². The van der Waals surface area contributed by atoms with Crippen LogP contribution in [0.3, 0.4) is 0 Å². The molecule has 0 aliphatic carbocycles. The molecule has 8 heteroatoms. The van der Waals surface area contributed by atoms with Gasteiger partial charge in [-0.3, -0.25) is 4.79 Å². The Labute approximate surface area is 148 Å². The number of benzene rings is 2. The number of nitrogens with two attached hydrogens (primary N) is 1. The third kappa shape index (κ3) is 2.73.